The third kappa shape index (κ3) is 6.86. The summed E-state index contributed by atoms with van der Waals surface area (Å²) in [7, 11) is 2.12. The number of ether oxygens (including phenoxy) is 2. The van der Waals surface area contributed by atoms with Gasteiger partial charge in [-0.25, -0.2) is 9.78 Å². The lowest BCUT2D eigenvalue weighted by Gasteiger charge is -2.34. The van der Waals surface area contributed by atoms with E-state index in [4.69, 9.17) is 15.2 Å². The number of likely N-dealkylation sites (tertiary alicyclic amines) is 1. The van der Waals surface area contributed by atoms with Crippen LogP contribution in [0.1, 0.15) is 52.7 Å². The molecule has 10 nitrogen and oxygen atoms in total. The standard InChI is InChI=1S/C23H38N6O4/c1-16-14-27(5)9-7-11-29(16)20-13-18(12-19(25-20)21(24)26-31)32-17-8-6-10-28(15-17)22(30)33-23(2,3)4/h12-13,16-17,31H,6-11,14-15H2,1-5H3,(H2,24,26)/t16-,17?/m0/s1. The van der Waals surface area contributed by atoms with E-state index >= 15 is 0 Å². The molecule has 0 saturated carbocycles. The van der Waals surface area contributed by atoms with Crippen LogP contribution < -0.4 is 15.4 Å². The average Bonchev–Trinajstić information content (AvgIpc) is 2.91. The molecule has 184 valence electrons. The van der Waals surface area contributed by atoms with Crippen molar-refractivity contribution in [1.82, 2.24) is 14.8 Å². The van der Waals surface area contributed by atoms with Crippen LogP contribution in [0.25, 0.3) is 0 Å². The number of piperidine rings is 1. The van der Waals surface area contributed by atoms with Crippen molar-refractivity contribution in [3.8, 4) is 5.75 Å². The van der Waals surface area contributed by atoms with E-state index in [0.717, 1.165) is 44.7 Å². The van der Waals surface area contributed by atoms with Crippen molar-refractivity contribution in [3.05, 3.63) is 17.8 Å². The summed E-state index contributed by atoms with van der Waals surface area (Å²) in [6.45, 7) is 11.6. The Morgan fingerprint density at radius 1 is 1.21 bits per heavy atom. The van der Waals surface area contributed by atoms with Crippen molar-refractivity contribution in [3.63, 3.8) is 0 Å². The van der Waals surface area contributed by atoms with Crippen LogP contribution >= 0.6 is 0 Å². The van der Waals surface area contributed by atoms with E-state index in [-0.39, 0.29) is 24.1 Å². The molecule has 1 amide bonds. The Kier molecular flexibility index (Phi) is 7.88. The zero-order valence-electron chi connectivity index (χ0n) is 20.5. The molecule has 3 N–H and O–H groups in total. The maximum Gasteiger partial charge on any atom is 0.410 e. The molecule has 2 fully saturated rings. The van der Waals surface area contributed by atoms with Crippen LogP contribution in [0.5, 0.6) is 5.75 Å². The van der Waals surface area contributed by atoms with Crippen molar-refractivity contribution >= 4 is 17.7 Å². The Morgan fingerprint density at radius 3 is 2.67 bits per heavy atom. The fourth-order valence-corrected chi connectivity index (χ4v) is 4.32. The third-order valence-corrected chi connectivity index (χ3v) is 5.83. The van der Waals surface area contributed by atoms with E-state index in [2.05, 4.69) is 33.9 Å². The van der Waals surface area contributed by atoms with Crippen molar-refractivity contribution < 1.29 is 19.5 Å². The van der Waals surface area contributed by atoms with E-state index < -0.39 is 5.60 Å². The third-order valence-electron chi connectivity index (χ3n) is 5.83. The Morgan fingerprint density at radius 2 is 1.97 bits per heavy atom. The number of likely N-dealkylation sites (N-methyl/N-ethyl adjacent to an activating group) is 1. The number of nitrogens with two attached hydrogens (primary N) is 1. The summed E-state index contributed by atoms with van der Waals surface area (Å²) < 4.78 is 11.8. The number of anilines is 1. The average molecular weight is 463 g/mol. The first kappa shape index (κ1) is 24.9. The lowest BCUT2D eigenvalue weighted by molar-refractivity contribution is 0.00775. The molecule has 1 unspecified atom stereocenters. The number of nitrogens with zero attached hydrogens (tertiary/aromatic N) is 5. The molecule has 0 radical (unpaired) electrons. The highest BCUT2D eigenvalue weighted by Crippen LogP contribution is 2.27. The van der Waals surface area contributed by atoms with Gasteiger partial charge in [0, 0.05) is 37.8 Å². The molecule has 2 saturated heterocycles. The van der Waals surface area contributed by atoms with Gasteiger partial charge < -0.3 is 35.1 Å². The fourth-order valence-electron chi connectivity index (χ4n) is 4.32. The maximum absolute atomic E-state index is 12.5. The summed E-state index contributed by atoms with van der Waals surface area (Å²) in [6, 6.07) is 3.83. The highest BCUT2D eigenvalue weighted by molar-refractivity contribution is 5.96. The number of pyridine rings is 1. The number of hydrogen-bond donors (Lipinski definition) is 2. The molecule has 2 atom stereocenters. The van der Waals surface area contributed by atoms with Gasteiger partial charge in [0.05, 0.1) is 6.54 Å². The number of amidine groups is 1. The van der Waals surface area contributed by atoms with E-state index in [1.165, 1.54) is 0 Å². The van der Waals surface area contributed by atoms with Gasteiger partial charge in [0.25, 0.3) is 0 Å². The van der Waals surface area contributed by atoms with Crippen LogP contribution in [0.15, 0.2) is 17.3 Å². The van der Waals surface area contributed by atoms with Crippen LogP contribution in [0, 0.1) is 0 Å². The molecular weight excluding hydrogens is 424 g/mol. The predicted octanol–water partition coefficient (Wildman–Crippen LogP) is 2.48. The largest absolute Gasteiger partial charge is 0.488 e. The summed E-state index contributed by atoms with van der Waals surface area (Å²) in [6.07, 6.45) is 2.14. The topological polar surface area (TPSA) is 117 Å². The first-order valence-corrected chi connectivity index (χ1v) is 11.7. The summed E-state index contributed by atoms with van der Waals surface area (Å²) in [5.41, 5.74) is 5.70. The Labute approximate surface area is 196 Å². The van der Waals surface area contributed by atoms with Gasteiger partial charge in [-0.3, -0.25) is 0 Å². The number of amides is 1. The molecule has 3 heterocycles. The number of oxime groups is 1. The van der Waals surface area contributed by atoms with E-state index in [0.29, 0.717) is 24.5 Å². The summed E-state index contributed by atoms with van der Waals surface area (Å²) >= 11 is 0. The van der Waals surface area contributed by atoms with Crippen LogP contribution in [-0.4, -0.2) is 89.4 Å². The van der Waals surface area contributed by atoms with Crippen LogP contribution in [0.4, 0.5) is 10.6 Å². The second kappa shape index (κ2) is 10.5. The molecule has 0 bridgehead atoms. The maximum atomic E-state index is 12.5. The minimum absolute atomic E-state index is 0.0691. The van der Waals surface area contributed by atoms with Gasteiger partial charge >= 0.3 is 6.09 Å². The minimum atomic E-state index is -0.543. The second-order valence-corrected chi connectivity index (χ2v) is 10.00. The Balaban J connectivity index is 1.80. The number of aromatic nitrogens is 1. The SMILES string of the molecule is C[C@H]1CN(C)CCCN1c1cc(OC2CCCN(C(=O)OC(C)(C)C)C2)cc(/C(N)=N/O)n1. The van der Waals surface area contributed by atoms with Gasteiger partial charge in [-0.15, -0.1) is 0 Å². The summed E-state index contributed by atoms with van der Waals surface area (Å²) in [4.78, 5) is 23.4. The molecule has 1 aromatic heterocycles. The number of carbonyl (C=O) groups excluding carboxylic acids is 1. The number of carbonyl (C=O) groups is 1. The van der Waals surface area contributed by atoms with Gasteiger partial charge in [0.2, 0.25) is 0 Å². The van der Waals surface area contributed by atoms with Gasteiger partial charge in [-0.2, -0.15) is 0 Å². The molecule has 0 aromatic carbocycles. The molecular formula is C23H38N6O4. The van der Waals surface area contributed by atoms with Crippen molar-refractivity contribution in [2.24, 2.45) is 10.9 Å². The fraction of sp³-hybridized carbons (Fsp3) is 0.696. The second-order valence-electron chi connectivity index (χ2n) is 10.00. The molecule has 33 heavy (non-hydrogen) atoms. The molecule has 2 aliphatic rings. The van der Waals surface area contributed by atoms with E-state index in [9.17, 15) is 10.0 Å². The van der Waals surface area contributed by atoms with Crippen LogP contribution in [0.2, 0.25) is 0 Å². The summed E-state index contributed by atoms with van der Waals surface area (Å²) in [5.74, 6) is 1.25. The van der Waals surface area contributed by atoms with E-state index in [1.807, 2.05) is 26.8 Å². The molecule has 10 heteroatoms. The van der Waals surface area contributed by atoms with Crippen molar-refractivity contribution in [2.45, 2.75) is 64.7 Å². The number of rotatable bonds is 4. The minimum Gasteiger partial charge on any atom is -0.488 e. The Hall–Kier alpha value is -2.75. The number of hydrogen-bond acceptors (Lipinski definition) is 8. The first-order valence-electron chi connectivity index (χ1n) is 11.7. The highest BCUT2D eigenvalue weighted by Gasteiger charge is 2.29. The van der Waals surface area contributed by atoms with Gasteiger partial charge in [-0.1, -0.05) is 5.16 Å². The predicted molar refractivity (Wildman–Crippen MR) is 127 cm³/mol. The Bertz CT molecular complexity index is 856. The molecule has 2 aliphatic heterocycles. The monoisotopic (exact) mass is 462 g/mol. The van der Waals surface area contributed by atoms with Crippen molar-refractivity contribution in [1.29, 1.82) is 0 Å². The first-order chi connectivity index (χ1) is 15.6. The van der Waals surface area contributed by atoms with Crippen molar-refractivity contribution in [2.75, 3.05) is 44.7 Å². The molecule has 3 rings (SSSR count). The molecule has 1 aromatic rings. The lowest BCUT2D eigenvalue weighted by Crippen LogP contribution is -2.46. The highest BCUT2D eigenvalue weighted by atomic mass is 16.6. The molecule has 0 aliphatic carbocycles. The zero-order chi connectivity index (χ0) is 24.2. The normalized spacial score (nSPS) is 23.2. The van der Waals surface area contributed by atoms with Gasteiger partial charge in [-0.05, 0) is 60.5 Å². The lowest BCUT2D eigenvalue weighted by atomic mass is 10.1. The van der Waals surface area contributed by atoms with Crippen LogP contribution in [-0.2, 0) is 4.74 Å². The summed E-state index contributed by atoms with van der Waals surface area (Å²) in [5, 5.41) is 12.4. The molecule has 0 spiro atoms. The van der Waals surface area contributed by atoms with Crippen LogP contribution in [0.3, 0.4) is 0 Å². The van der Waals surface area contributed by atoms with Gasteiger partial charge in [0.15, 0.2) is 5.84 Å². The smallest absolute Gasteiger partial charge is 0.410 e. The zero-order valence-corrected chi connectivity index (χ0v) is 20.5. The van der Waals surface area contributed by atoms with E-state index in [1.54, 1.807) is 11.0 Å². The quantitative estimate of drug-likeness (QED) is 0.303. The van der Waals surface area contributed by atoms with Gasteiger partial charge in [0.1, 0.15) is 29.0 Å².